The molecule has 0 amide bonds. The number of nitro benzene ring substituents is 1. The summed E-state index contributed by atoms with van der Waals surface area (Å²) in [6, 6.07) is 4.96. The average molecular weight is 356 g/mol. The monoisotopic (exact) mass is 356 g/mol. The molecule has 0 aliphatic heterocycles. The molecule has 0 unspecified atom stereocenters. The third-order valence-corrected chi connectivity index (χ3v) is 3.70. The summed E-state index contributed by atoms with van der Waals surface area (Å²) >= 11 is 0.852. The van der Waals surface area contributed by atoms with Crippen LogP contribution in [-0.2, 0) is 14.3 Å². The van der Waals surface area contributed by atoms with Crippen molar-refractivity contribution in [2.24, 2.45) is 0 Å². The number of ether oxygens (including phenoxy) is 1. The quantitative estimate of drug-likeness (QED) is 0.316. The molecular formula is C15H20N2O6S. The molecule has 0 radical (unpaired) electrons. The van der Waals surface area contributed by atoms with Gasteiger partial charge in [-0.3, -0.25) is 19.7 Å². The number of nitrogens with one attached hydrogen (secondary N) is 1. The molecule has 0 saturated heterocycles. The fourth-order valence-corrected chi connectivity index (χ4v) is 2.60. The van der Waals surface area contributed by atoms with Crippen LogP contribution in [0.2, 0.25) is 0 Å². The van der Waals surface area contributed by atoms with Gasteiger partial charge in [-0.1, -0.05) is 12.1 Å². The van der Waals surface area contributed by atoms with E-state index in [4.69, 9.17) is 4.74 Å². The number of nitro groups is 1. The lowest BCUT2D eigenvalue weighted by molar-refractivity contribution is -0.387. The van der Waals surface area contributed by atoms with Gasteiger partial charge in [-0.15, -0.1) is 0 Å². The van der Waals surface area contributed by atoms with Crippen molar-refractivity contribution >= 4 is 29.6 Å². The van der Waals surface area contributed by atoms with Gasteiger partial charge in [0.1, 0.15) is 16.5 Å². The standard InChI is InChI=1S/C15H20N2O6S/c1-15(2,3)23-13(18)9-8-10(14(19)20)16-24-12-7-5-4-6-11(12)17(21)22/h4-7,10,16H,8-9H2,1-3H3,(H,19,20)/t10-/m0/s1. The van der Waals surface area contributed by atoms with E-state index < -0.39 is 28.5 Å². The number of carbonyl (C=O) groups is 2. The van der Waals surface area contributed by atoms with Gasteiger partial charge in [-0.05, 0) is 45.2 Å². The zero-order valence-corrected chi connectivity index (χ0v) is 14.5. The summed E-state index contributed by atoms with van der Waals surface area (Å²) in [5, 5.41) is 20.1. The van der Waals surface area contributed by atoms with Crippen molar-refractivity contribution in [1.29, 1.82) is 0 Å². The summed E-state index contributed by atoms with van der Waals surface area (Å²) in [5.74, 6) is -1.64. The first-order chi connectivity index (χ1) is 11.1. The topological polar surface area (TPSA) is 119 Å². The molecule has 0 aliphatic carbocycles. The fraction of sp³-hybridized carbons (Fsp3) is 0.467. The lowest BCUT2D eigenvalue weighted by Gasteiger charge is -2.20. The smallest absolute Gasteiger partial charge is 0.321 e. The van der Waals surface area contributed by atoms with Crippen molar-refractivity contribution in [2.75, 3.05) is 0 Å². The van der Waals surface area contributed by atoms with E-state index in [1.165, 1.54) is 18.2 Å². The molecule has 0 aromatic heterocycles. The zero-order valence-electron chi connectivity index (χ0n) is 13.6. The lowest BCUT2D eigenvalue weighted by atomic mass is 10.1. The Hall–Kier alpha value is -2.13. The van der Waals surface area contributed by atoms with E-state index in [9.17, 15) is 24.8 Å². The van der Waals surface area contributed by atoms with Crippen molar-refractivity contribution in [3.05, 3.63) is 34.4 Å². The highest BCUT2D eigenvalue weighted by Crippen LogP contribution is 2.27. The number of carboxylic acid groups (broad SMARTS) is 1. The number of carbonyl (C=O) groups excluding carboxylic acids is 1. The van der Waals surface area contributed by atoms with Gasteiger partial charge < -0.3 is 9.84 Å². The number of benzene rings is 1. The minimum Gasteiger partial charge on any atom is -0.480 e. The number of nitrogens with zero attached hydrogens (tertiary/aromatic N) is 1. The molecule has 1 aromatic rings. The summed E-state index contributed by atoms with van der Waals surface area (Å²) in [4.78, 5) is 33.6. The Balaban J connectivity index is 2.63. The third kappa shape index (κ3) is 6.97. The van der Waals surface area contributed by atoms with Gasteiger partial charge in [0.2, 0.25) is 0 Å². The van der Waals surface area contributed by atoms with E-state index in [0.29, 0.717) is 4.90 Å². The molecule has 0 aliphatic rings. The number of para-hydroxylation sites is 1. The maximum absolute atomic E-state index is 11.7. The summed E-state index contributed by atoms with van der Waals surface area (Å²) < 4.78 is 7.78. The molecule has 0 heterocycles. The highest BCUT2D eigenvalue weighted by Gasteiger charge is 2.23. The Kier molecular flexibility index (Phi) is 7.18. The SMILES string of the molecule is CC(C)(C)OC(=O)CC[C@H](NSc1ccccc1[N+](=O)[O-])C(=O)O. The molecule has 0 fully saturated rings. The summed E-state index contributed by atoms with van der Waals surface area (Å²) in [5.41, 5.74) is -0.755. The molecule has 8 nitrogen and oxygen atoms in total. The van der Waals surface area contributed by atoms with Crippen molar-refractivity contribution in [2.45, 2.75) is 50.2 Å². The van der Waals surface area contributed by atoms with Crippen molar-refractivity contribution in [3.8, 4) is 0 Å². The summed E-state index contributed by atoms with van der Waals surface area (Å²) in [7, 11) is 0. The number of esters is 1. The second kappa shape index (κ2) is 8.65. The van der Waals surface area contributed by atoms with Gasteiger partial charge in [-0.2, -0.15) is 0 Å². The lowest BCUT2D eigenvalue weighted by Crippen LogP contribution is -2.33. The molecule has 1 rings (SSSR count). The van der Waals surface area contributed by atoms with E-state index in [1.54, 1.807) is 26.8 Å². The predicted molar refractivity (Wildman–Crippen MR) is 88.6 cm³/mol. The molecule has 0 spiro atoms. The van der Waals surface area contributed by atoms with Crippen molar-refractivity contribution in [3.63, 3.8) is 0 Å². The Morgan fingerprint density at radius 3 is 2.54 bits per heavy atom. The number of rotatable bonds is 8. The minimum atomic E-state index is -1.15. The van der Waals surface area contributed by atoms with Gasteiger partial charge in [-0.25, -0.2) is 4.72 Å². The summed E-state index contributed by atoms with van der Waals surface area (Å²) in [6.07, 6.45) is -0.0590. The van der Waals surface area contributed by atoms with Crippen LogP contribution in [0.3, 0.4) is 0 Å². The van der Waals surface area contributed by atoms with Crippen LogP contribution in [0.1, 0.15) is 33.6 Å². The molecule has 1 aromatic carbocycles. The third-order valence-electron chi connectivity index (χ3n) is 2.73. The van der Waals surface area contributed by atoms with Crippen LogP contribution in [0.25, 0.3) is 0 Å². The van der Waals surface area contributed by atoms with Crippen LogP contribution in [-0.4, -0.2) is 33.6 Å². The molecule has 0 saturated carbocycles. The van der Waals surface area contributed by atoms with Crippen molar-refractivity contribution in [1.82, 2.24) is 4.72 Å². The first-order valence-electron chi connectivity index (χ1n) is 7.20. The van der Waals surface area contributed by atoms with Crippen LogP contribution in [0.4, 0.5) is 5.69 Å². The molecule has 0 bridgehead atoms. The summed E-state index contributed by atoms with van der Waals surface area (Å²) in [6.45, 7) is 5.17. The van der Waals surface area contributed by atoms with Gasteiger partial charge in [0.15, 0.2) is 0 Å². The number of aliphatic carboxylic acids is 1. The van der Waals surface area contributed by atoms with E-state index in [-0.39, 0.29) is 18.5 Å². The predicted octanol–water partition coefficient (Wildman–Crippen LogP) is 2.77. The van der Waals surface area contributed by atoms with Gasteiger partial charge in [0.25, 0.3) is 5.69 Å². The minimum absolute atomic E-state index is 0.0118. The van der Waals surface area contributed by atoms with E-state index in [2.05, 4.69) is 4.72 Å². The fourth-order valence-electron chi connectivity index (χ4n) is 1.72. The van der Waals surface area contributed by atoms with E-state index in [0.717, 1.165) is 11.9 Å². The maximum atomic E-state index is 11.7. The molecule has 132 valence electrons. The highest BCUT2D eigenvalue weighted by molar-refractivity contribution is 7.97. The van der Waals surface area contributed by atoms with Crippen LogP contribution < -0.4 is 4.72 Å². The largest absolute Gasteiger partial charge is 0.480 e. The number of carboxylic acids is 1. The molecule has 9 heteroatoms. The average Bonchev–Trinajstić information content (AvgIpc) is 2.45. The first kappa shape index (κ1) is 19.9. The van der Waals surface area contributed by atoms with E-state index in [1.807, 2.05) is 0 Å². The Bertz CT molecular complexity index is 614. The second-order valence-electron chi connectivity index (χ2n) is 5.96. The first-order valence-corrected chi connectivity index (χ1v) is 8.02. The second-order valence-corrected chi connectivity index (χ2v) is 6.84. The Morgan fingerprint density at radius 2 is 2.00 bits per heavy atom. The molecule has 1 atom stereocenters. The van der Waals surface area contributed by atoms with Gasteiger partial charge in [0.05, 0.1) is 4.92 Å². The Morgan fingerprint density at radius 1 is 1.38 bits per heavy atom. The normalized spacial score (nSPS) is 12.5. The van der Waals surface area contributed by atoms with Crippen LogP contribution in [0.15, 0.2) is 29.2 Å². The highest BCUT2D eigenvalue weighted by atomic mass is 32.2. The van der Waals surface area contributed by atoms with Gasteiger partial charge in [0, 0.05) is 12.5 Å². The number of hydrogen-bond donors (Lipinski definition) is 2. The Labute approximate surface area is 143 Å². The van der Waals surface area contributed by atoms with Crippen LogP contribution in [0, 0.1) is 10.1 Å². The zero-order chi connectivity index (χ0) is 18.3. The van der Waals surface area contributed by atoms with Crippen molar-refractivity contribution < 1.29 is 24.4 Å². The van der Waals surface area contributed by atoms with Gasteiger partial charge >= 0.3 is 11.9 Å². The van der Waals surface area contributed by atoms with Crippen LogP contribution in [0.5, 0.6) is 0 Å². The molecule has 24 heavy (non-hydrogen) atoms. The molecular weight excluding hydrogens is 336 g/mol. The maximum Gasteiger partial charge on any atom is 0.321 e. The van der Waals surface area contributed by atoms with E-state index >= 15 is 0 Å². The van der Waals surface area contributed by atoms with Crippen LogP contribution >= 0.6 is 11.9 Å². The molecule has 2 N–H and O–H groups in total. The number of hydrogen-bond acceptors (Lipinski definition) is 7.